The molecule has 0 aliphatic rings. The van der Waals surface area contributed by atoms with Gasteiger partial charge in [0.1, 0.15) is 5.82 Å². The molecule has 0 fully saturated rings. The van der Waals surface area contributed by atoms with Gasteiger partial charge < -0.3 is 9.88 Å². The van der Waals surface area contributed by atoms with Gasteiger partial charge in [0.15, 0.2) is 0 Å². The van der Waals surface area contributed by atoms with Crippen LogP contribution in [0.15, 0.2) is 36.7 Å². The summed E-state index contributed by atoms with van der Waals surface area (Å²) in [5, 5.41) is 3.43. The maximum Gasteiger partial charge on any atom is 0.111 e. The molecule has 0 aliphatic carbocycles. The van der Waals surface area contributed by atoms with E-state index >= 15 is 0 Å². The minimum Gasteiger partial charge on any atom is -0.383 e. The second-order valence-electron chi connectivity index (χ2n) is 4.93. The summed E-state index contributed by atoms with van der Waals surface area (Å²) in [7, 11) is 0. The quantitative estimate of drug-likeness (QED) is 0.872. The van der Waals surface area contributed by atoms with Crippen LogP contribution in [0, 0.1) is 6.92 Å². The number of anilines is 1. The second-order valence-corrected chi connectivity index (χ2v) is 4.93. The third-order valence-electron chi connectivity index (χ3n) is 3.00. The molecule has 1 aromatic heterocycles. The Labute approximate surface area is 109 Å². The second kappa shape index (κ2) is 5.71. The third-order valence-corrected chi connectivity index (χ3v) is 3.00. The largest absolute Gasteiger partial charge is 0.383 e. The third kappa shape index (κ3) is 3.13. The Kier molecular flexibility index (Phi) is 4.03. The lowest BCUT2D eigenvalue weighted by Gasteiger charge is -2.11. The number of benzene rings is 1. The minimum absolute atomic E-state index is 0.472. The van der Waals surface area contributed by atoms with E-state index < -0.39 is 0 Å². The maximum absolute atomic E-state index is 4.39. The Morgan fingerprint density at radius 2 is 1.94 bits per heavy atom. The standard InChI is InChI=1S/C15H21N3/c1-12(2)15-17-9-11-18(15)10-8-16-14-6-4-13(3)5-7-14/h4-7,9,11-12,16H,8,10H2,1-3H3. The number of hydrogen-bond acceptors (Lipinski definition) is 2. The molecule has 1 heterocycles. The number of aryl methyl sites for hydroxylation is 1. The van der Waals surface area contributed by atoms with Crippen LogP contribution in [0.5, 0.6) is 0 Å². The van der Waals surface area contributed by atoms with Gasteiger partial charge >= 0.3 is 0 Å². The van der Waals surface area contributed by atoms with Gasteiger partial charge in [-0.05, 0) is 19.1 Å². The van der Waals surface area contributed by atoms with E-state index in [1.807, 2.05) is 12.4 Å². The highest BCUT2D eigenvalue weighted by Crippen LogP contribution is 2.12. The van der Waals surface area contributed by atoms with Crippen LogP contribution < -0.4 is 5.32 Å². The van der Waals surface area contributed by atoms with Crippen LogP contribution in [0.4, 0.5) is 5.69 Å². The van der Waals surface area contributed by atoms with E-state index in [4.69, 9.17) is 0 Å². The smallest absolute Gasteiger partial charge is 0.111 e. The Hall–Kier alpha value is -1.77. The van der Waals surface area contributed by atoms with Crippen molar-refractivity contribution in [2.75, 3.05) is 11.9 Å². The fourth-order valence-corrected chi connectivity index (χ4v) is 2.00. The van der Waals surface area contributed by atoms with Gasteiger partial charge in [-0.25, -0.2) is 4.98 Å². The van der Waals surface area contributed by atoms with Crippen molar-refractivity contribution in [3.05, 3.63) is 48.0 Å². The van der Waals surface area contributed by atoms with Crippen LogP contribution in [-0.4, -0.2) is 16.1 Å². The van der Waals surface area contributed by atoms with Gasteiger partial charge in [-0.2, -0.15) is 0 Å². The van der Waals surface area contributed by atoms with Crippen LogP contribution in [0.2, 0.25) is 0 Å². The van der Waals surface area contributed by atoms with Crippen LogP contribution >= 0.6 is 0 Å². The fraction of sp³-hybridized carbons (Fsp3) is 0.400. The molecule has 0 unspecified atom stereocenters. The van der Waals surface area contributed by atoms with E-state index in [1.165, 1.54) is 11.3 Å². The highest BCUT2D eigenvalue weighted by Gasteiger charge is 2.06. The number of hydrogen-bond donors (Lipinski definition) is 1. The number of imidazole rings is 1. The van der Waals surface area contributed by atoms with Gasteiger partial charge in [-0.1, -0.05) is 31.5 Å². The number of rotatable bonds is 5. The Morgan fingerprint density at radius 3 is 2.61 bits per heavy atom. The Morgan fingerprint density at radius 1 is 1.22 bits per heavy atom. The highest BCUT2D eigenvalue weighted by atomic mass is 15.1. The van der Waals surface area contributed by atoms with Crippen molar-refractivity contribution in [3.8, 4) is 0 Å². The van der Waals surface area contributed by atoms with Gasteiger partial charge in [0.25, 0.3) is 0 Å². The van der Waals surface area contributed by atoms with Gasteiger partial charge in [0.05, 0.1) is 0 Å². The predicted molar refractivity (Wildman–Crippen MR) is 76.0 cm³/mol. The Balaban J connectivity index is 1.88. The molecule has 0 saturated heterocycles. The molecule has 1 N–H and O–H groups in total. The summed E-state index contributed by atoms with van der Waals surface area (Å²) in [4.78, 5) is 4.39. The van der Waals surface area contributed by atoms with E-state index in [9.17, 15) is 0 Å². The molecule has 18 heavy (non-hydrogen) atoms. The molecule has 0 bridgehead atoms. The molecular weight excluding hydrogens is 222 g/mol. The summed E-state index contributed by atoms with van der Waals surface area (Å²) < 4.78 is 2.21. The van der Waals surface area contributed by atoms with Crippen LogP contribution in [0.25, 0.3) is 0 Å². The molecule has 0 radical (unpaired) electrons. The predicted octanol–water partition coefficient (Wildman–Crippen LogP) is 3.43. The normalized spacial score (nSPS) is 10.9. The van der Waals surface area contributed by atoms with E-state index in [2.05, 4.69) is 59.9 Å². The lowest BCUT2D eigenvalue weighted by Crippen LogP contribution is -2.13. The first-order valence-corrected chi connectivity index (χ1v) is 6.48. The van der Waals surface area contributed by atoms with Crippen molar-refractivity contribution < 1.29 is 0 Å². The zero-order chi connectivity index (χ0) is 13.0. The summed E-state index contributed by atoms with van der Waals surface area (Å²) >= 11 is 0. The van der Waals surface area contributed by atoms with E-state index in [0.717, 1.165) is 18.9 Å². The van der Waals surface area contributed by atoms with Crippen LogP contribution in [0.3, 0.4) is 0 Å². The number of nitrogens with one attached hydrogen (secondary N) is 1. The first kappa shape index (κ1) is 12.7. The molecule has 0 amide bonds. The zero-order valence-electron chi connectivity index (χ0n) is 11.4. The van der Waals surface area contributed by atoms with Crippen molar-refractivity contribution in [2.45, 2.75) is 33.2 Å². The summed E-state index contributed by atoms with van der Waals surface area (Å²) in [6.45, 7) is 8.31. The van der Waals surface area contributed by atoms with Crippen LogP contribution in [-0.2, 0) is 6.54 Å². The lowest BCUT2D eigenvalue weighted by molar-refractivity contribution is 0.637. The van der Waals surface area contributed by atoms with Gasteiger partial charge in [0, 0.05) is 37.1 Å². The summed E-state index contributed by atoms with van der Waals surface area (Å²) in [5.74, 6) is 1.63. The Bertz CT molecular complexity index is 483. The molecule has 0 spiro atoms. The molecule has 96 valence electrons. The maximum atomic E-state index is 4.39. The van der Waals surface area contributed by atoms with Crippen molar-refractivity contribution in [3.63, 3.8) is 0 Å². The highest BCUT2D eigenvalue weighted by molar-refractivity contribution is 5.44. The molecule has 2 aromatic rings. The molecule has 3 nitrogen and oxygen atoms in total. The number of nitrogens with zero attached hydrogens (tertiary/aromatic N) is 2. The molecule has 0 aliphatic heterocycles. The van der Waals surface area contributed by atoms with Crippen molar-refractivity contribution in [2.24, 2.45) is 0 Å². The van der Waals surface area contributed by atoms with E-state index in [0.29, 0.717) is 5.92 Å². The van der Waals surface area contributed by atoms with Gasteiger partial charge in [-0.3, -0.25) is 0 Å². The lowest BCUT2D eigenvalue weighted by atomic mass is 10.2. The number of aromatic nitrogens is 2. The molecule has 0 atom stereocenters. The van der Waals surface area contributed by atoms with Crippen molar-refractivity contribution >= 4 is 5.69 Å². The van der Waals surface area contributed by atoms with E-state index in [1.54, 1.807) is 0 Å². The average Bonchev–Trinajstić information content (AvgIpc) is 2.80. The van der Waals surface area contributed by atoms with Crippen LogP contribution in [0.1, 0.15) is 31.2 Å². The summed E-state index contributed by atoms with van der Waals surface area (Å²) in [5.41, 5.74) is 2.46. The first-order chi connectivity index (χ1) is 8.66. The molecular formula is C15H21N3. The van der Waals surface area contributed by atoms with Gasteiger partial charge in [-0.15, -0.1) is 0 Å². The SMILES string of the molecule is Cc1ccc(NCCn2ccnc2C(C)C)cc1. The van der Waals surface area contributed by atoms with E-state index in [-0.39, 0.29) is 0 Å². The molecule has 0 saturated carbocycles. The fourth-order valence-electron chi connectivity index (χ4n) is 2.00. The molecule has 1 aromatic carbocycles. The monoisotopic (exact) mass is 243 g/mol. The van der Waals surface area contributed by atoms with Gasteiger partial charge in [0.2, 0.25) is 0 Å². The average molecular weight is 243 g/mol. The topological polar surface area (TPSA) is 29.9 Å². The first-order valence-electron chi connectivity index (χ1n) is 6.48. The zero-order valence-corrected chi connectivity index (χ0v) is 11.4. The minimum atomic E-state index is 0.472. The van der Waals surface area contributed by atoms with Crippen molar-refractivity contribution in [1.29, 1.82) is 0 Å². The molecule has 2 rings (SSSR count). The molecule has 3 heteroatoms. The summed E-state index contributed by atoms with van der Waals surface area (Å²) in [6.07, 6.45) is 3.92. The summed E-state index contributed by atoms with van der Waals surface area (Å²) in [6, 6.07) is 8.48. The van der Waals surface area contributed by atoms with Crippen molar-refractivity contribution in [1.82, 2.24) is 9.55 Å².